The van der Waals surface area contributed by atoms with Crippen molar-refractivity contribution in [3.63, 3.8) is 0 Å². The molecule has 0 amide bonds. The average Bonchev–Trinajstić information content (AvgIpc) is 2.70. The largest absolute Gasteiger partial charge is 0.493 e. The van der Waals surface area contributed by atoms with Crippen LogP contribution in [0, 0.1) is 6.92 Å². The van der Waals surface area contributed by atoms with Gasteiger partial charge in [0, 0.05) is 5.48 Å². The normalized spacial score (nSPS) is 19.9. The van der Waals surface area contributed by atoms with Gasteiger partial charge in [-0.3, -0.25) is 0 Å². The van der Waals surface area contributed by atoms with Gasteiger partial charge in [0.2, 0.25) is 0 Å². The minimum Gasteiger partial charge on any atom is -0.493 e. The van der Waals surface area contributed by atoms with Crippen LogP contribution in [0.5, 0.6) is 17.2 Å². The van der Waals surface area contributed by atoms with E-state index in [4.69, 9.17) is 27.9 Å². The fraction of sp³-hybridized carbons (Fsp3) is 0.429. The summed E-state index contributed by atoms with van der Waals surface area (Å²) in [5.74, 6) is -0.474. The Balaban J connectivity index is 2.16. The number of ether oxygens (including phenoxy) is 3. The molecule has 0 spiro atoms. The maximum atomic E-state index is 10.2. The van der Waals surface area contributed by atoms with Crippen molar-refractivity contribution in [3.8, 4) is 17.2 Å². The van der Waals surface area contributed by atoms with Crippen LogP contribution in [-0.4, -0.2) is 31.9 Å². The third kappa shape index (κ3) is 6.31. The number of rotatable bonds is 10. The van der Waals surface area contributed by atoms with Crippen LogP contribution < -0.4 is 14.2 Å². The van der Waals surface area contributed by atoms with Gasteiger partial charge < -0.3 is 19.3 Å². The molecule has 4 heteroatoms. The Kier molecular flexibility index (Phi) is 3.77. The maximum absolute atomic E-state index is 10.2. The molecule has 136 valence electrons. The predicted octanol–water partition coefficient (Wildman–Crippen LogP) is 4.16. The van der Waals surface area contributed by atoms with E-state index >= 15 is 0 Å². The second-order valence-corrected chi connectivity index (χ2v) is 5.49. The molecule has 0 saturated carbocycles. The molecule has 1 unspecified atom stereocenters. The summed E-state index contributed by atoms with van der Waals surface area (Å²) >= 11 is 0. The van der Waals surface area contributed by atoms with Crippen molar-refractivity contribution in [2.45, 2.75) is 38.6 Å². The van der Waals surface area contributed by atoms with Gasteiger partial charge in [0.25, 0.3) is 0 Å². The lowest BCUT2D eigenvalue weighted by atomic mass is 10.0. The van der Waals surface area contributed by atoms with Gasteiger partial charge in [0.1, 0.15) is 12.4 Å². The van der Waals surface area contributed by atoms with E-state index in [1.54, 1.807) is 18.2 Å². The molecule has 2 aromatic carbocycles. The number of benzene rings is 2. The second-order valence-electron chi connectivity index (χ2n) is 5.49. The fourth-order valence-corrected chi connectivity index (χ4v) is 2.13. The van der Waals surface area contributed by atoms with Gasteiger partial charge in [0.15, 0.2) is 11.5 Å². The van der Waals surface area contributed by atoms with Crippen LogP contribution in [0.25, 0.3) is 0 Å². The second kappa shape index (κ2) is 9.94. The van der Waals surface area contributed by atoms with Gasteiger partial charge in [-0.2, -0.15) is 0 Å². The summed E-state index contributed by atoms with van der Waals surface area (Å²) < 4.78 is 91.9. The van der Waals surface area contributed by atoms with E-state index in [1.165, 1.54) is 0 Å². The van der Waals surface area contributed by atoms with E-state index in [0.29, 0.717) is 5.75 Å². The molecule has 0 bridgehead atoms. The topological polar surface area (TPSA) is 47.9 Å². The Labute approximate surface area is 164 Å². The average molecular weight is 355 g/mol. The first kappa shape index (κ1) is 9.48. The fourth-order valence-electron chi connectivity index (χ4n) is 2.13. The van der Waals surface area contributed by atoms with Gasteiger partial charge >= 0.3 is 0 Å². The van der Waals surface area contributed by atoms with Crippen molar-refractivity contribution < 1.29 is 33.0 Å². The molecule has 0 aliphatic heterocycles. The zero-order valence-electron chi connectivity index (χ0n) is 23.9. The lowest BCUT2D eigenvalue weighted by molar-refractivity contribution is 0.0976. The van der Waals surface area contributed by atoms with Crippen LogP contribution in [0.4, 0.5) is 0 Å². The zero-order chi connectivity index (χ0) is 26.7. The van der Waals surface area contributed by atoms with Gasteiger partial charge in [-0.05, 0) is 61.5 Å². The highest BCUT2D eigenvalue weighted by Gasteiger charge is 2.07. The first-order chi connectivity index (χ1) is 15.9. The van der Waals surface area contributed by atoms with Gasteiger partial charge in [-0.1, -0.05) is 24.6 Å². The summed E-state index contributed by atoms with van der Waals surface area (Å²) in [6.45, 7) is 1.77. The molecule has 1 atom stereocenters. The summed E-state index contributed by atoms with van der Waals surface area (Å²) in [7, 11) is -5.91. The molecule has 0 fully saturated rings. The van der Waals surface area contributed by atoms with Crippen molar-refractivity contribution >= 4 is 0 Å². The summed E-state index contributed by atoms with van der Waals surface area (Å²) in [6.07, 6.45) is -6.72. The summed E-state index contributed by atoms with van der Waals surface area (Å²) in [6, 6.07) is 10.2. The van der Waals surface area contributed by atoms with E-state index in [9.17, 15) is 5.11 Å². The molecule has 0 saturated heterocycles. The minimum absolute atomic E-state index is 0.111. The summed E-state index contributed by atoms with van der Waals surface area (Å²) in [5.41, 5.74) is 0.684. The van der Waals surface area contributed by atoms with Crippen LogP contribution in [-0.2, 0) is 6.37 Å². The van der Waals surface area contributed by atoms with E-state index in [-0.39, 0.29) is 25.0 Å². The van der Waals surface area contributed by atoms with Gasteiger partial charge in [-0.25, -0.2) is 0 Å². The third-order valence-electron chi connectivity index (χ3n) is 3.43. The molecule has 4 nitrogen and oxygen atoms in total. The number of methoxy groups -OCH3 is 2. The van der Waals surface area contributed by atoms with Crippen molar-refractivity contribution in [2.24, 2.45) is 0 Å². The lowest BCUT2D eigenvalue weighted by Gasteiger charge is -2.13. The molecule has 2 rings (SSSR count). The van der Waals surface area contributed by atoms with E-state index in [1.807, 2.05) is 13.0 Å². The molecule has 0 aliphatic carbocycles. The van der Waals surface area contributed by atoms with Crippen LogP contribution >= 0.6 is 0 Å². The van der Waals surface area contributed by atoms with Crippen molar-refractivity contribution in [1.82, 2.24) is 0 Å². The SMILES string of the molecule is [2H]C([2H])([2H])Oc1ccc(C([2H])([2H])C([2H])([2H])CCC(O)COc2cccc(C)c2)cc1OC([2H])([2H])[2H]. The van der Waals surface area contributed by atoms with Crippen LogP contribution in [0.2, 0.25) is 0 Å². The molecule has 25 heavy (non-hydrogen) atoms. The lowest BCUT2D eigenvalue weighted by Crippen LogP contribution is -2.17. The molecule has 1 N–H and O–H groups in total. The van der Waals surface area contributed by atoms with Crippen LogP contribution in [0.3, 0.4) is 0 Å². The van der Waals surface area contributed by atoms with Gasteiger partial charge in [0.05, 0.1) is 28.4 Å². The Bertz CT molecular complexity index is 989. The number of aliphatic hydroxyl groups excluding tert-OH is 1. The minimum atomic E-state index is -2.99. The van der Waals surface area contributed by atoms with Crippen LogP contribution in [0.15, 0.2) is 42.5 Å². The Morgan fingerprint density at radius 1 is 1.12 bits per heavy atom. The molecular formula is C21H28O4. The van der Waals surface area contributed by atoms with Crippen molar-refractivity contribution in [3.05, 3.63) is 53.6 Å². The quantitative estimate of drug-likeness (QED) is 0.696. The predicted molar refractivity (Wildman–Crippen MR) is 99.8 cm³/mol. The Morgan fingerprint density at radius 2 is 1.96 bits per heavy atom. The van der Waals surface area contributed by atoms with E-state index < -0.39 is 44.4 Å². The number of aliphatic hydroxyl groups is 1. The molecule has 0 aliphatic rings. The first-order valence-electron chi connectivity index (χ1n) is 12.8. The smallest absolute Gasteiger partial charge is 0.160 e. The molecule has 0 heterocycles. The highest BCUT2D eigenvalue weighted by Crippen LogP contribution is 2.28. The summed E-state index contributed by atoms with van der Waals surface area (Å²) in [5, 5.41) is 10.2. The number of hydrogen-bond donors (Lipinski definition) is 1. The highest BCUT2D eigenvalue weighted by atomic mass is 16.5. The van der Waals surface area contributed by atoms with E-state index in [2.05, 4.69) is 0 Å². The monoisotopic (exact) mass is 354 g/mol. The van der Waals surface area contributed by atoms with Gasteiger partial charge in [-0.15, -0.1) is 0 Å². The molecule has 0 radical (unpaired) electrons. The Morgan fingerprint density at radius 3 is 2.76 bits per heavy atom. The summed E-state index contributed by atoms with van der Waals surface area (Å²) in [4.78, 5) is 0. The maximum Gasteiger partial charge on any atom is 0.160 e. The van der Waals surface area contributed by atoms with Crippen molar-refractivity contribution in [2.75, 3.05) is 20.7 Å². The first-order valence-corrected chi connectivity index (χ1v) is 7.80. The van der Waals surface area contributed by atoms with Crippen molar-refractivity contribution in [1.29, 1.82) is 0 Å². The zero-order valence-corrected chi connectivity index (χ0v) is 13.9. The van der Waals surface area contributed by atoms with E-state index in [0.717, 1.165) is 23.8 Å². The standard InChI is InChI=1S/C21H28O4/c1-16-7-6-10-19(13-16)25-15-18(22)9-5-4-8-17-11-12-20(23-2)21(14-17)24-3/h6-7,10-14,18,22H,4-5,8-9,15H2,1-3H3/i2D3,3D3,4D2,8D2. The number of aryl methyl sites for hydroxylation is 2. The number of hydrogen-bond acceptors (Lipinski definition) is 4. The Hall–Kier alpha value is -2.20. The highest BCUT2D eigenvalue weighted by molar-refractivity contribution is 5.42. The molecular weight excluding hydrogens is 316 g/mol. The third-order valence-corrected chi connectivity index (χ3v) is 3.43. The molecule has 0 aromatic heterocycles. The molecule has 2 aromatic rings. The van der Waals surface area contributed by atoms with Crippen LogP contribution in [0.1, 0.15) is 44.0 Å².